The molecule has 2 nitrogen and oxygen atoms in total. The summed E-state index contributed by atoms with van der Waals surface area (Å²) < 4.78 is 0. The summed E-state index contributed by atoms with van der Waals surface area (Å²) in [6.07, 6.45) is 3.51. The smallest absolute Gasteiger partial charge is 0.136 e. The molecule has 0 fully saturated rings. The Morgan fingerprint density at radius 3 is 2.78 bits per heavy atom. The number of carbonyl (C=O) groups is 1. The Kier molecular flexibility index (Phi) is 5.12. The number of nitrogens with one attached hydrogen (secondary N) is 1. The quantitative estimate of drug-likeness (QED) is 0.436. The molecule has 0 aromatic heterocycles. The average molecular weight is 127 g/mol. The van der Waals surface area contributed by atoms with E-state index in [1.165, 1.54) is 0 Å². The van der Waals surface area contributed by atoms with Crippen LogP contribution in [-0.2, 0) is 4.79 Å². The largest absolute Gasteiger partial charge is 0.304 e. The molecule has 52 valence electrons. The molecule has 0 saturated carbocycles. The van der Waals surface area contributed by atoms with Gasteiger partial charge in [-0.15, -0.1) is 6.58 Å². The van der Waals surface area contributed by atoms with Gasteiger partial charge in [-0.2, -0.15) is 0 Å². The second-order valence-corrected chi connectivity index (χ2v) is 1.85. The van der Waals surface area contributed by atoms with Crippen LogP contribution in [0.5, 0.6) is 0 Å². The number of hydrogen-bond acceptors (Lipinski definition) is 2. The average Bonchev–Trinajstić information content (AvgIpc) is 1.91. The molecule has 2 heteroatoms. The maximum atomic E-state index is 10.1. The molecular weight excluding hydrogens is 114 g/mol. The Labute approximate surface area is 56.0 Å². The topological polar surface area (TPSA) is 29.1 Å². The lowest BCUT2D eigenvalue weighted by molar-refractivity contribution is -0.109. The SMILES string of the molecule is C=CCNC(C=O)CC. The number of rotatable bonds is 5. The minimum Gasteiger partial charge on any atom is -0.304 e. The van der Waals surface area contributed by atoms with Crippen molar-refractivity contribution in [2.75, 3.05) is 6.54 Å². The normalized spacial score (nSPS) is 12.6. The van der Waals surface area contributed by atoms with Crippen LogP contribution in [0.25, 0.3) is 0 Å². The van der Waals surface area contributed by atoms with Crippen molar-refractivity contribution >= 4 is 6.29 Å². The molecule has 0 spiro atoms. The molecule has 1 N–H and O–H groups in total. The molecule has 0 amide bonds. The number of carbonyl (C=O) groups excluding carboxylic acids is 1. The van der Waals surface area contributed by atoms with E-state index >= 15 is 0 Å². The molecule has 1 unspecified atom stereocenters. The zero-order valence-electron chi connectivity index (χ0n) is 5.76. The van der Waals surface area contributed by atoms with Gasteiger partial charge in [-0.05, 0) is 6.42 Å². The second-order valence-electron chi connectivity index (χ2n) is 1.85. The molecule has 0 aliphatic heterocycles. The van der Waals surface area contributed by atoms with Gasteiger partial charge in [-0.25, -0.2) is 0 Å². The lowest BCUT2D eigenvalue weighted by atomic mass is 10.2. The van der Waals surface area contributed by atoms with Crippen LogP contribution in [0.15, 0.2) is 12.7 Å². The van der Waals surface area contributed by atoms with E-state index in [-0.39, 0.29) is 6.04 Å². The van der Waals surface area contributed by atoms with Gasteiger partial charge in [-0.3, -0.25) is 0 Å². The molecule has 0 aromatic rings. The predicted molar refractivity (Wildman–Crippen MR) is 38.3 cm³/mol. The monoisotopic (exact) mass is 127 g/mol. The molecule has 0 bridgehead atoms. The van der Waals surface area contributed by atoms with Crippen molar-refractivity contribution in [3.63, 3.8) is 0 Å². The standard InChI is InChI=1S/C7H13NO/c1-3-5-8-7(4-2)6-9/h3,6-8H,1,4-5H2,2H3. The summed E-state index contributed by atoms with van der Waals surface area (Å²) in [5, 5.41) is 2.98. The third-order valence-electron chi connectivity index (χ3n) is 1.13. The fourth-order valence-corrected chi connectivity index (χ4v) is 0.523. The van der Waals surface area contributed by atoms with Crippen LogP contribution in [0, 0.1) is 0 Å². The van der Waals surface area contributed by atoms with Crippen molar-refractivity contribution in [1.29, 1.82) is 0 Å². The molecule has 9 heavy (non-hydrogen) atoms. The summed E-state index contributed by atoms with van der Waals surface area (Å²) in [5.41, 5.74) is 0. The van der Waals surface area contributed by atoms with Gasteiger partial charge in [0.1, 0.15) is 6.29 Å². The molecule has 0 rings (SSSR count). The van der Waals surface area contributed by atoms with Gasteiger partial charge in [0, 0.05) is 6.54 Å². The molecule has 0 radical (unpaired) electrons. The van der Waals surface area contributed by atoms with Crippen LogP contribution in [0.1, 0.15) is 13.3 Å². The van der Waals surface area contributed by atoms with E-state index in [2.05, 4.69) is 11.9 Å². The third-order valence-corrected chi connectivity index (χ3v) is 1.13. The molecule has 0 aromatic carbocycles. The second kappa shape index (κ2) is 5.51. The lowest BCUT2D eigenvalue weighted by Gasteiger charge is -2.05. The van der Waals surface area contributed by atoms with Crippen molar-refractivity contribution in [2.45, 2.75) is 19.4 Å². The molecule has 1 atom stereocenters. The fourth-order valence-electron chi connectivity index (χ4n) is 0.523. The zero-order chi connectivity index (χ0) is 7.11. The van der Waals surface area contributed by atoms with E-state index < -0.39 is 0 Å². The first-order chi connectivity index (χ1) is 4.35. The Hall–Kier alpha value is -0.630. The van der Waals surface area contributed by atoms with E-state index in [1.807, 2.05) is 6.92 Å². The van der Waals surface area contributed by atoms with E-state index in [1.54, 1.807) is 6.08 Å². The third kappa shape index (κ3) is 3.91. The van der Waals surface area contributed by atoms with Crippen LogP contribution in [-0.4, -0.2) is 18.9 Å². The highest BCUT2D eigenvalue weighted by atomic mass is 16.1. The molecular formula is C7H13NO. The van der Waals surface area contributed by atoms with Crippen molar-refractivity contribution in [2.24, 2.45) is 0 Å². The summed E-state index contributed by atoms with van der Waals surface area (Å²) in [5.74, 6) is 0. The van der Waals surface area contributed by atoms with Crippen molar-refractivity contribution in [3.8, 4) is 0 Å². The molecule has 0 heterocycles. The highest BCUT2D eigenvalue weighted by Gasteiger charge is 1.98. The van der Waals surface area contributed by atoms with Crippen LogP contribution in [0.3, 0.4) is 0 Å². The summed E-state index contributed by atoms with van der Waals surface area (Å²) in [7, 11) is 0. The van der Waals surface area contributed by atoms with Crippen LogP contribution in [0.2, 0.25) is 0 Å². The first-order valence-corrected chi connectivity index (χ1v) is 3.14. The molecule has 0 aliphatic carbocycles. The van der Waals surface area contributed by atoms with Gasteiger partial charge in [-0.1, -0.05) is 13.0 Å². The van der Waals surface area contributed by atoms with Crippen molar-refractivity contribution < 1.29 is 4.79 Å². The van der Waals surface area contributed by atoms with Crippen molar-refractivity contribution in [3.05, 3.63) is 12.7 Å². The maximum absolute atomic E-state index is 10.1. The van der Waals surface area contributed by atoms with Gasteiger partial charge in [0.15, 0.2) is 0 Å². The van der Waals surface area contributed by atoms with Gasteiger partial charge < -0.3 is 10.1 Å². The van der Waals surface area contributed by atoms with E-state index in [9.17, 15) is 4.79 Å². The molecule has 0 saturated heterocycles. The predicted octanol–water partition coefficient (Wildman–Crippen LogP) is 0.739. The lowest BCUT2D eigenvalue weighted by Crippen LogP contribution is -2.29. The van der Waals surface area contributed by atoms with Gasteiger partial charge in [0.2, 0.25) is 0 Å². The van der Waals surface area contributed by atoms with E-state index in [0.29, 0.717) is 6.54 Å². The molecule has 0 aliphatic rings. The minimum atomic E-state index is 0.00278. The van der Waals surface area contributed by atoms with Gasteiger partial charge in [0.25, 0.3) is 0 Å². The Bertz CT molecular complexity index is 90.9. The number of hydrogen-bond donors (Lipinski definition) is 1. The van der Waals surface area contributed by atoms with Crippen LogP contribution in [0.4, 0.5) is 0 Å². The summed E-state index contributed by atoms with van der Waals surface area (Å²) >= 11 is 0. The van der Waals surface area contributed by atoms with Crippen LogP contribution >= 0.6 is 0 Å². The Balaban J connectivity index is 3.30. The first kappa shape index (κ1) is 8.37. The minimum absolute atomic E-state index is 0.00278. The van der Waals surface area contributed by atoms with Gasteiger partial charge in [0.05, 0.1) is 6.04 Å². The zero-order valence-corrected chi connectivity index (χ0v) is 5.76. The summed E-state index contributed by atoms with van der Waals surface area (Å²) in [6, 6.07) is 0.00278. The number of aldehydes is 1. The highest BCUT2D eigenvalue weighted by Crippen LogP contribution is 1.83. The van der Waals surface area contributed by atoms with Crippen molar-refractivity contribution in [1.82, 2.24) is 5.32 Å². The van der Waals surface area contributed by atoms with E-state index in [4.69, 9.17) is 0 Å². The van der Waals surface area contributed by atoms with Crippen LogP contribution < -0.4 is 5.32 Å². The first-order valence-electron chi connectivity index (χ1n) is 3.14. The Morgan fingerprint density at radius 2 is 2.44 bits per heavy atom. The maximum Gasteiger partial charge on any atom is 0.136 e. The Morgan fingerprint density at radius 1 is 1.78 bits per heavy atom. The fraction of sp³-hybridized carbons (Fsp3) is 0.571. The summed E-state index contributed by atoms with van der Waals surface area (Å²) in [4.78, 5) is 10.1. The summed E-state index contributed by atoms with van der Waals surface area (Å²) in [6.45, 7) is 6.20. The van der Waals surface area contributed by atoms with Gasteiger partial charge >= 0.3 is 0 Å². The highest BCUT2D eigenvalue weighted by molar-refractivity contribution is 5.57. The van der Waals surface area contributed by atoms with E-state index in [0.717, 1.165) is 12.7 Å².